The van der Waals surface area contributed by atoms with Crippen LogP contribution in [0.1, 0.15) is 34.1 Å². The molecular weight excluding hydrogens is 298 g/mol. The Morgan fingerprint density at radius 2 is 2.26 bits per heavy atom. The first-order valence-corrected chi connectivity index (χ1v) is 7.44. The molecule has 1 N–H and O–H groups in total. The molecule has 3 heterocycles. The van der Waals surface area contributed by atoms with E-state index in [4.69, 9.17) is 4.52 Å². The number of H-pyrrole nitrogens is 1. The van der Waals surface area contributed by atoms with Crippen molar-refractivity contribution in [3.63, 3.8) is 0 Å². The first-order chi connectivity index (χ1) is 11.0. The van der Waals surface area contributed by atoms with E-state index in [-0.39, 0.29) is 17.4 Å². The number of nitrogens with one attached hydrogen (secondary N) is 1. The smallest absolute Gasteiger partial charge is 0.276 e. The fraction of sp³-hybridized carbons (Fsp3) is 0.467. The summed E-state index contributed by atoms with van der Waals surface area (Å²) in [4.78, 5) is 34.9. The molecule has 1 saturated heterocycles. The van der Waals surface area contributed by atoms with Gasteiger partial charge in [-0.2, -0.15) is 0 Å². The number of aromatic amines is 1. The fourth-order valence-corrected chi connectivity index (χ4v) is 2.71. The zero-order chi connectivity index (χ0) is 16.6. The van der Waals surface area contributed by atoms with Crippen LogP contribution >= 0.6 is 0 Å². The molecule has 0 aromatic carbocycles. The normalized spacial score (nSPS) is 17.5. The lowest BCUT2D eigenvalue weighted by Crippen LogP contribution is -2.29. The minimum atomic E-state index is -0.184. The second-order valence-corrected chi connectivity index (χ2v) is 5.97. The maximum Gasteiger partial charge on any atom is 0.276 e. The van der Waals surface area contributed by atoms with Gasteiger partial charge in [0.15, 0.2) is 5.69 Å². The molecule has 1 aliphatic rings. The maximum atomic E-state index is 12.5. The summed E-state index contributed by atoms with van der Waals surface area (Å²) in [5, 5.41) is 3.77. The van der Waals surface area contributed by atoms with E-state index in [0.29, 0.717) is 30.4 Å². The fourth-order valence-electron chi connectivity index (χ4n) is 2.71. The lowest BCUT2D eigenvalue weighted by atomic mass is 10.1. The Kier molecular flexibility index (Phi) is 3.89. The second kappa shape index (κ2) is 5.86. The molecule has 1 aliphatic heterocycles. The molecule has 1 fully saturated rings. The Hall–Kier alpha value is -2.64. The number of nitrogens with zero attached hydrogens (tertiary/aromatic N) is 4. The SMILES string of the molecule is Cc1conc1C(=O)N1CCC(c2cc(=O)[nH]c(N(C)C)n2)C1. The van der Waals surface area contributed by atoms with Gasteiger partial charge >= 0.3 is 0 Å². The highest BCUT2D eigenvalue weighted by atomic mass is 16.5. The monoisotopic (exact) mass is 317 g/mol. The summed E-state index contributed by atoms with van der Waals surface area (Å²) in [5.74, 6) is 0.424. The van der Waals surface area contributed by atoms with Crippen LogP contribution in [0, 0.1) is 6.92 Å². The number of anilines is 1. The highest BCUT2D eigenvalue weighted by Crippen LogP contribution is 2.27. The molecule has 0 aliphatic carbocycles. The predicted octanol–water partition coefficient (Wildman–Crippen LogP) is 0.762. The third-order valence-electron chi connectivity index (χ3n) is 4.02. The van der Waals surface area contributed by atoms with Gasteiger partial charge in [0.05, 0.1) is 5.69 Å². The highest BCUT2D eigenvalue weighted by Gasteiger charge is 2.31. The minimum Gasteiger partial charge on any atom is -0.364 e. The van der Waals surface area contributed by atoms with Crippen molar-refractivity contribution < 1.29 is 9.32 Å². The third-order valence-corrected chi connectivity index (χ3v) is 4.02. The second-order valence-electron chi connectivity index (χ2n) is 5.97. The van der Waals surface area contributed by atoms with Gasteiger partial charge in [0.2, 0.25) is 5.95 Å². The molecule has 1 atom stereocenters. The van der Waals surface area contributed by atoms with E-state index in [1.807, 2.05) is 14.1 Å². The van der Waals surface area contributed by atoms with Crippen molar-refractivity contribution in [3.8, 4) is 0 Å². The maximum absolute atomic E-state index is 12.5. The van der Waals surface area contributed by atoms with Crippen molar-refractivity contribution in [2.45, 2.75) is 19.3 Å². The Morgan fingerprint density at radius 1 is 1.48 bits per heavy atom. The van der Waals surface area contributed by atoms with Crippen LogP contribution in [-0.2, 0) is 0 Å². The van der Waals surface area contributed by atoms with Crippen LogP contribution in [0.15, 0.2) is 21.6 Å². The molecule has 1 unspecified atom stereocenters. The molecule has 0 saturated carbocycles. The van der Waals surface area contributed by atoms with Gasteiger partial charge in [-0.25, -0.2) is 4.98 Å². The van der Waals surface area contributed by atoms with E-state index in [2.05, 4.69) is 15.1 Å². The van der Waals surface area contributed by atoms with Crippen LogP contribution in [0.2, 0.25) is 0 Å². The number of amides is 1. The number of carbonyl (C=O) groups excluding carboxylic acids is 1. The van der Waals surface area contributed by atoms with Gasteiger partial charge in [0.25, 0.3) is 11.5 Å². The summed E-state index contributed by atoms with van der Waals surface area (Å²) in [7, 11) is 3.64. The Bertz CT molecular complexity index is 779. The van der Waals surface area contributed by atoms with Gasteiger partial charge in [0.1, 0.15) is 6.26 Å². The minimum absolute atomic E-state index is 0.0483. The standard InChI is InChI=1S/C15H19N5O3/c1-9-8-23-18-13(9)14(22)20-5-4-10(7-20)11-6-12(21)17-15(16-11)19(2)3/h6,8,10H,4-5,7H2,1-3H3,(H,16,17,21). The molecule has 0 radical (unpaired) electrons. The molecule has 2 aromatic heterocycles. The predicted molar refractivity (Wildman–Crippen MR) is 83.7 cm³/mol. The average Bonchev–Trinajstić information content (AvgIpc) is 3.14. The number of carbonyl (C=O) groups is 1. The summed E-state index contributed by atoms with van der Waals surface area (Å²) in [6.45, 7) is 2.93. The average molecular weight is 317 g/mol. The molecule has 122 valence electrons. The van der Waals surface area contributed by atoms with Crippen LogP contribution in [-0.4, -0.2) is 53.1 Å². The van der Waals surface area contributed by atoms with E-state index in [1.54, 1.807) is 16.7 Å². The lowest BCUT2D eigenvalue weighted by molar-refractivity contribution is 0.0779. The quantitative estimate of drug-likeness (QED) is 0.898. The summed E-state index contributed by atoms with van der Waals surface area (Å²) < 4.78 is 4.83. The van der Waals surface area contributed by atoms with Crippen molar-refractivity contribution in [2.24, 2.45) is 0 Å². The van der Waals surface area contributed by atoms with Crippen LogP contribution in [0.4, 0.5) is 5.95 Å². The number of rotatable bonds is 3. The molecule has 1 amide bonds. The van der Waals surface area contributed by atoms with Crippen LogP contribution in [0.5, 0.6) is 0 Å². The van der Waals surface area contributed by atoms with Crippen LogP contribution < -0.4 is 10.5 Å². The van der Waals surface area contributed by atoms with Gasteiger partial charge in [-0.1, -0.05) is 5.16 Å². The summed E-state index contributed by atoms with van der Waals surface area (Å²) in [6, 6.07) is 1.51. The van der Waals surface area contributed by atoms with Gasteiger partial charge in [-0.15, -0.1) is 0 Å². The molecule has 23 heavy (non-hydrogen) atoms. The molecular formula is C15H19N5O3. The van der Waals surface area contributed by atoms with Gasteiger partial charge in [0, 0.05) is 44.7 Å². The molecule has 3 rings (SSSR count). The van der Waals surface area contributed by atoms with Gasteiger partial charge in [-0.05, 0) is 13.3 Å². The number of hydrogen-bond donors (Lipinski definition) is 1. The number of likely N-dealkylation sites (tertiary alicyclic amines) is 1. The van der Waals surface area contributed by atoms with Crippen molar-refractivity contribution in [3.05, 3.63) is 39.6 Å². The number of aryl methyl sites for hydroxylation is 1. The van der Waals surface area contributed by atoms with E-state index < -0.39 is 0 Å². The first-order valence-electron chi connectivity index (χ1n) is 7.44. The van der Waals surface area contributed by atoms with E-state index in [9.17, 15) is 9.59 Å². The van der Waals surface area contributed by atoms with Crippen molar-refractivity contribution >= 4 is 11.9 Å². The number of aromatic nitrogens is 3. The van der Waals surface area contributed by atoms with Crippen molar-refractivity contribution in [1.29, 1.82) is 0 Å². The zero-order valence-corrected chi connectivity index (χ0v) is 13.4. The molecule has 0 bridgehead atoms. The summed E-state index contributed by atoms with van der Waals surface area (Å²) in [5.41, 5.74) is 1.60. The topological polar surface area (TPSA) is 95.3 Å². The van der Waals surface area contributed by atoms with Gasteiger partial charge in [-0.3, -0.25) is 14.6 Å². The highest BCUT2D eigenvalue weighted by molar-refractivity contribution is 5.93. The molecule has 8 nitrogen and oxygen atoms in total. The molecule has 8 heteroatoms. The summed E-state index contributed by atoms with van der Waals surface area (Å²) >= 11 is 0. The van der Waals surface area contributed by atoms with E-state index >= 15 is 0 Å². The largest absolute Gasteiger partial charge is 0.364 e. The van der Waals surface area contributed by atoms with Crippen LogP contribution in [0.3, 0.4) is 0 Å². The Balaban J connectivity index is 1.79. The molecule has 2 aromatic rings. The Morgan fingerprint density at radius 3 is 2.91 bits per heavy atom. The number of hydrogen-bond acceptors (Lipinski definition) is 6. The van der Waals surface area contributed by atoms with Crippen molar-refractivity contribution in [2.75, 3.05) is 32.1 Å². The van der Waals surface area contributed by atoms with E-state index in [1.165, 1.54) is 12.3 Å². The van der Waals surface area contributed by atoms with Crippen molar-refractivity contribution in [1.82, 2.24) is 20.0 Å². The van der Waals surface area contributed by atoms with E-state index in [0.717, 1.165) is 12.0 Å². The van der Waals surface area contributed by atoms with Gasteiger partial charge < -0.3 is 14.3 Å². The first kappa shape index (κ1) is 15.3. The molecule has 0 spiro atoms. The summed E-state index contributed by atoms with van der Waals surface area (Å²) in [6.07, 6.45) is 2.23. The Labute approximate surface area is 133 Å². The lowest BCUT2D eigenvalue weighted by Gasteiger charge is -2.16. The third kappa shape index (κ3) is 2.96. The van der Waals surface area contributed by atoms with Crippen LogP contribution in [0.25, 0.3) is 0 Å². The zero-order valence-electron chi connectivity index (χ0n) is 13.4.